The number of hydrogen-bond donors (Lipinski definition) is 2. The van der Waals surface area contributed by atoms with Gasteiger partial charge in [0.15, 0.2) is 5.65 Å². The topological polar surface area (TPSA) is 121 Å². The molecular weight excluding hydrogens is 408 g/mol. The zero-order valence-electron chi connectivity index (χ0n) is 17.7. The zero-order chi connectivity index (χ0) is 22.2. The maximum Gasteiger partial charge on any atom is 0.353 e. The van der Waals surface area contributed by atoms with Crippen molar-refractivity contribution >= 4 is 11.6 Å². The van der Waals surface area contributed by atoms with Gasteiger partial charge < -0.3 is 15.6 Å². The molecule has 3 aromatic heterocycles. The number of pyridine rings is 1. The van der Waals surface area contributed by atoms with E-state index in [1.165, 1.54) is 9.08 Å². The normalized spacial score (nSPS) is 16.1. The highest BCUT2D eigenvalue weighted by molar-refractivity contribution is 5.90. The van der Waals surface area contributed by atoms with Gasteiger partial charge >= 0.3 is 5.69 Å². The van der Waals surface area contributed by atoms with E-state index < -0.39 is 0 Å². The van der Waals surface area contributed by atoms with Crippen LogP contribution in [0.15, 0.2) is 47.3 Å². The fourth-order valence-electron chi connectivity index (χ4n) is 4.24. The van der Waals surface area contributed by atoms with Crippen molar-refractivity contribution in [3.8, 4) is 22.4 Å². The number of benzene rings is 1. The highest BCUT2D eigenvalue weighted by atomic mass is 16.5. The highest BCUT2D eigenvalue weighted by Crippen LogP contribution is 2.35. The molecule has 0 unspecified atom stereocenters. The number of nitrogens with two attached hydrogens (primary N) is 1. The third kappa shape index (κ3) is 3.55. The lowest BCUT2D eigenvalue weighted by atomic mass is 9.99. The van der Waals surface area contributed by atoms with Crippen molar-refractivity contribution in [3.05, 3.63) is 64.3 Å². The summed E-state index contributed by atoms with van der Waals surface area (Å²) in [4.78, 5) is 22.2. The van der Waals surface area contributed by atoms with Gasteiger partial charge in [0.1, 0.15) is 0 Å². The molecule has 0 aliphatic carbocycles. The maximum absolute atomic E-state index is 13.2. The monoisotopic (exact) mass is 432 g/mol. The molecule has 4 heterocycles. The molecule has 9 nitrogen and oxygen atoms in total. The highest BCUT2D eigenvalue weighted by Gasteiger charge is 2.24. The molecule has 0 spiro atoms. The summed E-state index contributed by atoms with van der Waals surface area (Å²) in [6.45, 7) is 2.71. The Kier molecular flexibility index (Phi) is 5.20. The fraction of sp³-hybridized carbons (Fsp3) is 0.304. The molecule has 32 heavy (non-hydrogen) atoms. The van der Waals surface area contributed by atoms with Crippen molar-refractivity contribution in [2.24, 2.45) is 0 Å². The predicted octanol–water partition coefficient (Wildman–Crippen LogP) is 2.18. The number of hydrogen-bond acceptors (Lipinski definition) is 7. The van der Waals surface area contributed by atoms with Gasteiger partial charge in [-0.3, -0.25) is 4.98 Å². The van der Waals surface area contributed by atoms with Gasteiger partial charge in [0, 0.05) is 17.9 Å². The molecule has 1 aromatic carbocycles. The number of aliphatic hydroxyl groups excluding tert-OH is 1. The first-order valence-corrected chi connectivity index (χ1v) is 10.6. The van der Waals surface area contributed by atoms with Crippen LogP contribution in [-0.2, 0) is 17.9 Å². The summed E-state index contributed by atoms with van der Waals surface area (Å²) in [6.07, 6.45) is 1.81. The number of fused-ring (bicyclic) bond motifs is 1. The number of aliphatic hydroxyl groups is 1. The molecule has 0 amide bonds. The number of anilines is 1. The molecule has 9 heteroatoms. The summed E-state index contributed by atoms with van der Waals surface area (Å²) in [5.74, 6) is 0.0688. The largest absolute Gasteiger partial charge is 0.390 e. The third-order valence-corrected chi connectivity index (χ3v) is 5.66. The van der Waals surface area contributed by atoms with Gasteiger partial charge in [-0.2, -0.15) is 0 Å². The molecule has 4 aromatic rings. The van der Waals surface area contributed by atoms with Gasteiger partial charge in [-0.05, 0) is 37.5 Å². The van der Waals surface area contributed by atoms with Crippen molar-refractivity contribution in [2.45, 2.75) is 39.0 Å². The lowest BCUT2D eigenvalue weighted by Crippen LogP contribution is -2.28. The van der Waals surface area contributed by atoms with Crippen molar-refractivity contribution in [1.29, 1.82) is 0 Å². The average molecular weight is 432 g/mol. The standard InChI is InChI=1S/C23H24N6O3/c1-14-10-16(11-17(13-30)25-14)19-20(15-6-3-2-4-7-15)26-22(24)29-21(19)27-28(23(29)31)12-18-8-5-9-32-18/h2-4,6-7,10-11,18,30H,5,8-9,12-13H2,1H3,(H2,24,26)/t18-/m0/s1. The van der Waals surface area contributed by atoms with Crippen LogP contribution in [0.5, 0.6) is 0 Å². The van der Waals surface area contributed by atoms with Crippen LogP contribution < -0.4 is 11.4 Å². The summed E-state index contributed by atoms with van der Waals surface area (Å²) in [7, 11) is 0. The Morgan fingerprint density at radius 1 is 1.19 bits per heavy atom. The Morgan fingerprint density at radius 3 is 2.72 bits per heavy atom. The lowest BCUT2D eigenvalue weighted by molar-refractivity contribution is 0.0931. The van der Waals surface area contributed by atoms with Gasteiger partial charge in [-0.15, -0.1) is 5.10 Å². The minimum Gasteiger partial charge on any atom is -0.390 e. The molecule has 1 aliphatic heterocycles. The first kappa shape index (κ1) is 20.3. The van der Waals surface area contributed by atoms with E-state index in [4.69, 9.17) is 10.5 Å². The average Bonchev–Trinajstić information content (AvgIpc) is 3.42. The quantitative estimate of drug-likeness (QED) is 0.496. The van der Waals surface area contributed by atoms with Crippen molar-refractivity contribution in [3.63, 3.8) is 0 Å². The van der Waals surface area contributed by atoms with Gasteiger partial charge in [0.2, 0.25) is 5.95 Å². The minimum atomic E-state index is -0.352. The molecule has 1 atom stereocenters. The van der Waals surface area contributed by atoms with Gasteiger partial charge in [-0.25, -0.2) is 18.9 Å². The second-order valence-corrected chi connectivity index (χ2v) is 7.97. The molecule has 0 bridgehead atoms. The molecule has 164 valence electrons. The first-order chi connectivity index (χ1) is 15.5. The first-order valence-electron chi connectivity index (χ1n) is 10.6. The smallest absolute Gasteiger partial charge is 0.353 e. The van der Waals surface area contributed by atoms with E-state index in [0.717, 1.165) is 29.7 Å². The van der Waals surface area contributed by atoms with Gasteiger partial charge in [-0.1, -0.05) is 30.3 Å². The van der Waals surface area contributed by atoms with Crippen LogP contribution in [0.1, 0.15) is 24.2 Å². The van der Waals surface area contributed by atoms with Gasteiger partial charge in [0.05, 0.1) is 36.2 Å². The second kappa shape index (κ2) is 8.18. The third-order valence-electron chi connectivity index (χ3n) is 5.66. The van der Waals surface area contributed by atoms with E-state index in [9.17, 15) is 9.90 Å². The molecule has 1 aliphatic rings. The molecular formula is C23H24N6O3. The fourth-order valence-corrected chi connectivity index (χ4v) is 4.24. The van der Waals surface area contributed by atoms with E-state index in [-0.39, 0.29) is 24.3 Å². The number of rotatable bonds is 5. The summed E-state index contributed by atoms with van der Waals surface area (Å²) < 4.78 is 8.44. The molecule has 3 N–H and O–H groups in total. The van der Waals surface area contributed by atoms with Crippen LogP contribution in [0.4, 0.5) is 5.95 Å². The van der Waals surface area contributed by atoms with Crippen molar-refractivity contribution < 1.29 is 9.84 Å². The van der Waals surface area contributed by atoms with Crippen LogP contribution in [0.3, 0.4) is 0 Å². The van der Waals surface area contributed by atoms with Gasteiger partial charge in [0.25, 0.3) is 0 Å². The molecule has 1 saturated heterocycles. The van der Waals surface area contributed by atoms with Crippen LogP contribution in [0.2, 0.25) is 0 Å². The Balaban J connectivity index is 1.81. The van der Waals surface area contributed by atoms with Crippen LogP contribution in [0, 0.1) is 6.92 Å². The Bertz CT molecular complexity index is 1340. The number of aryl methyl sites for hydroxylation is 1. The zero-order valence-corrected chi connectivity index (χ0v) is 17.7. The summed E-state index contributed by atoms with van der Waals surface area (Å²) in [6, 6.07) is 13.3. The molecule has 0 radical (unpaired) electrons. The number of nitrogen functional groups attached to an aromatic ring is 1. The van der Waals surface area contributed by atoms with E-state index in [0.29, 0.717) is 35.8 Å². The Labute approximate surface area is 184 Å². The van der Waals surface area contributed by atoms with E-state index in [1.807, 2.05) is 43.3 Å². The minimum absolute atomic E-state index is 0.0481. The van der Waals surface area contributed by atoms with E-state index >= 15 is 0 Å². The summed E-state index contributed by atoms with van der Waals surface area (Å²) >= 11 is 0. The number of ether oxygens (including phenoxy) is 1. The Morgan fingerprint density at radius 2 is 2.00 bits per heavy atom. The van der Waals surface area contributed by atoms with Crippen molar-refractivity contribution in [2.75, 3.05) is 12.3 Å². The Hall–Kier alpha value is -3.56. The molecule has 0 saturated carbocycles. The van der Waals surface area contributed by atoms with Crippen LogP contribution in [0.25, 0.3) is 28.0 Å². The van der Waals surface area contributed by atoms with E-state index in [2.05, 4.69) is 15.1 Å². The van der Waals surface area contributed by atoms with Crippen LogP contribution in [-0.4, -0.2) is 42.0 Å². The molecule has 5 rings (SSSR count). The number of nitrogens with zero attached hydrogens (tertiary/aromatic N) is 5. The van der Waals surface area contributed by atoms with Crippen molar-refractivity contribution in [1.82, 2.24) is 24.1 Å². The van der Waals surface area contributed by atoms with Crippen LogP contribution >= 0.6 is 0 Å². The predicted molar refractivity (Wildman–Crippen MR) is 120 cm³/mol. The summed E-state index contributed by atoms with van der Waals surface area (Å²) in [5.41, 5.74) is 10.5. The SMILES string of the molecule is Cc1cc(-c2c(-c3ccccc3)nc(N)n3c(=O)n(C[C@@H]4CCCO4)nc23)cc(CO)n1. The number of aromatic nitrogens is 5. The lowest BCUT2D eigenvalue weighted by Gasteiger charge is -2.13. The maximum atomic E-state index is 13.2. The van der Waals surface area contributed by atoms with E-state index in [1.54, 1.807) is 6.07 Å². The second-order valence-electron chi connectivity index (χ2n) is 7.97. The summed E-state index contributed by atoms with van der Waals surface area (Å²) in [5, 5.41) is 14.4. The molecule has 1 fully saturated rings.